The molecule has 0 fully saturated rings. The lowest BCUT2D eigenvalue weighted by Gasteiger charge is -2.14. The van der Waals surface area contributed by atoms with E-state index < -0.39 is 6.10 Å². The van der Waals surface area contributed by atoms with Crippen molar-refractivity contribution in [2.24, 2.45) is 0 Å². The van der Waals surface area contributed by atoms with Crippen LogP contribution < -0.4 is 21.3 Å². The third-order valence-electron chi connectivity index (χ3n) is 3.10. The van der Waals surface area contributed by atoms with Crippen LogP contribution in [0, 0.1) is 0 Å². The first-order valence-electron chi connectivity index (χ1n) is 7.70. The second-order valence-corrected chi connectivity index (χ2v) is 5.15. The molecule has 2 heterocycles. The molecule has 0 aromatic carbocycles. The van der Waals surface area contributed by atoms with Crippen LogP contribution in [0.15, 0.2) is 0 Å². The van der Waals surface area contributed by atoms with Crippen LogP contribution in [0.5, 0.6) is 0 Å². The Morgan fingerprint density at radius 1 is 0.913 bits per heavy atom. The van der Waals surface area contributed by atoms with Crippen LogP contribution in [0.3, 0.4) is 0 Å². The van der Waals surface area contributed by atoms with Crippen molar-refractivity contribution in [2.45, 2.75) is 26.4 Å². The fourth-order valence-electron chi connectivity index (χ4n) is 1.97. The summed E-state index contributed by atoms with van der Waals surface area (Å²) < 4.78 is 0. The molecule has 0 radical (unpaired) electrons. The van der Waals surface area contributed by atoms with Gasteiger partial charge in [-0.25, -0.2) is 9.97 Å². The number of hydrogen-bond acceptors (Lipinski definition) is 9. The van der Waals surface area contributed by atoms with Gasteiger partial charge in [-0.3, -0.25) is 0 Å². The van der Waals surface area contributed by atoms with E-state index in [2.05, 4.69) is 48.1 Å². The SMILES string of the molecule is CCCNc1nc(NC)nc2c(NC[C@@H](C)O)nc(NC)nc12. The standard InChI is InChI=1S/C14H24N8O/c1-5-6-17-11-9-10(20-13(15-3)21-11)12(18-7-8(2)23)22-14(16-4)19-9/h8,23H,5-7H2,1-4H3,(H2,15,17,20,21)(H2,16,18,19,22)/t8-/m1/s1. The minimum atomic E-state index is -0.499. The zero-order chi connectivity index (χ0) is 16.8. The van der Waals surface area contributed by atoms with Crippen LogP contribution in [0.4, 0.5) is 23.5 Å². The topological polar surface area (TPSA) is 120 Å². The molecule has 9 heteroatoms. The normalized spacial score (nSPS) is 12.0. The number of nitrogens with one attached hydrogen (secondary N) is 4. The maximum absolute atomic E-state index is 9.50. The molecule has 9 nitrogen and oxygen atoms in total. The summed E-state index contributed by atoms with van der Waals surface area (Å²) in [5.74, 6) is 2.15. The summed E-state index contributed by atoms with van der Waals surface area (Å²) in [6.45, 7) is 4.94. The molecule has 0 bridgehead atoms. The Hall–Kier alpha value is -2.42. The number of hydrogen-bond donors (Lipinski definition) is 5. The van der Waals surface area contributed by atoms with Gasteiger partial charge in [0.2, 0.25) is 11.9 Å². The Bertz CT molecular complexity index is 661. The largest absolute Gasteiger partial charge is 0.392 e. The van der Waals surface area contributed by atoms with Crippen LogP contribution in [0.25, 0.3) is 11.0 Å². The molecular weight excluding hydrogens is 296 g/mol. The van der Waals surface area contributed by atoms with Crippen LogP contribution in [-0.4, -0.2) is 58.3 Å². The van der Waals surface area contributed by atoms with Crippen molar-refractivity contribution in [3.8, 4) is 0 Å². The molecule has 1 atom stereocenters. The van der Waals surface area contributed by atoms with Gasteiger partial charge in [0.1, 0.15) is 11.0 Å². The first kappa shape index (κ1) is 16.9. The molecule has 0 aliphatic carbocycles. The second kappa shape index (κ2) is 7.73. The molecule has 0 amide bonds. The van der Waals surface area contributed by atoms with E-state index >= 15 is 0 Å². The van der Waals surface area contributed by atoms with Crippen molar-refractivity contribution in [3.05, 3.63) is 0 Å². The van der Waals surface area contributed by atoms with Crippen molar-refractivity contribution in [3.63, 3.8) is 0 Å². The van der Waals surface area contributed by atoms with E-state index in [4.69, 9.17) is 0 Å². The lowest BCUT2D eigenvalue weighted by atomic mass is 10.3. The number of aliphatic hydroxyl groups is 1. The zero-order valence-electron chi connectivity index (χ0n) is 13.9. The van der Waals surface area contributed by atoms with E-state index in [9.17, 15) is 5.11 Å². The second-order valence-electron chi connectivity index (χ2n) is 5.15. The van der Waals surface area contributed by atoms with Gasteiger partial charge in [-0.15, -0.1) is 0 Å². The lowest BCUT2D eigenvalue weighted by molar-refractivity contribution is 0.208. The molecule has 0 spiro atoms. The Morgan fingerprint density at radius 2 is 1.43 bits per heavy atom. The van der Waals surface area contributed by atoms with Gasteiger partial charge < -0.3 is 26.4 Å². The molecule has 2 aromatic heterocycles. The molecule has 0 aliphatic heterocycles. The Kier molecular flexibility index (Phi) is 5.69. The van der Waals surface area contributed by atoms with E-state index in [-0.39, 0.29) is 0 Å². The van der Waals surface area contributed by atoms with Gasteiger partial charge in [-0.1, -0.05) is 6.92 Å². The minimum absolute atomic E-state index is 0.367. The number of nitrogens with zero attached hydrogens (tertiary/aromatic N) is 4. The van der Waals surface area contributed by atoms with Gasteiger partial charge in [0.25, 0.3) is 0 Å². The highest BCUT2D eigenvalue weighted by Gasteiger charge is 2.15. The molecule has 0 unspecified atom stereocenters. The number of aromatic nitrogens is 4. The molecule has 5 N–H and O–H groups in total. The molecular formula is C14H24N8O. The van der Waals surface area contributed by atoms with E-state index in [1.165, 1.54) is 0 Å². The quantitative estimate of drug-likeness (QED) is 0.487. The molecule has 2 aromatic rings. The number of rotatable bonds is 8. The van der Waals surface area contributed by atoms with Crippen molar-refractivity contribution < 1.29 is 5.11 Å². The lowest BCUT2D eigenvalue weighted by Crippen LogP contribution is -2.18. The first-order chi connectivity index (χ1) is 11.1. The minimum Gasteiger partial charge on any atom is -0.392 e. The predicted octanol–water partition coefficient (Wildman–Crippen LogP) is 1.12. The average Bonchev–Trinajstić information content (AvgIpc) is 2.56. The Morgan fingerprint density at radius 3 is 1.87 bits per heavy atom. The molecule has 0 saturated carbocycles. The average molecular weight is 320 g/mol. The van der Waals surface area contributed by atoms with E-state index in [0.29, 0.717) is 41.1 Å². The van der Waals surface area contributed by atoms with Crippen LogP contribution >= 0.6 is 0 Å². The molecule has 2 rings (SSSR count). The van der Waals surface area contributed by atoms with Gasteiger partial charge in [0.05, 0.1) is 6.10 Å². The zero-order valence-corrected chi connectivity index (χ0v) is 13.9. The number of fused-ring (bicyclic) bond motifs is 1. The summed E-state index contributed by atoms with van der Waals surface area (Å²) in [5, 5.41) is 21.8. The summed E-state index contributed by atoms with van der Waals surface area (Å²) in [6, 6.07) is 0. The van der Waals surface area contributed by atoms with Crippen molar-refractivity contribution in [2.75, 3.05) is 48.5 Å². The smallest absolute Gasteiger partial charge is 0.225 e. The van der Waals surface area contributed by atoms with E-state index in [1.807, 2.05) is 0 Å². The summed E-state index contributed by atoms with van der Waals surface area (Å²) in [6.07, 6.45) is 0.471. The Labute approximate surface area is 135 Å². The fraction of sp³-hybridized carbons (Fsp3) is 0.571. The summed E-state index contributed by atoms with van der Waals surface area (Å²) >= 11 is 0. The molecule has 23 heavy (non-hydrogen) atoms. The fourth-order valence-corrected chi connectivity index (χ4v) is 1.97. The molecule has 0 saturated heterocycles. The monoisotopic (exact) mass is 320 g/mol. The first-order valence-corrected chi connectivity index (χ1v) is 7.70. The van der Waals surface area contributed by atoms with E-state index in [0.717, 1.165) is 13.0 Å². The third kappa shape index (κ3) is 4.07. The molecule has 0 aliphatic rings. The highest BCUT2D eigenvalue weighted by Crippen LogP contribution is 2.26. The summed E-state index contributed by atoms with van der Waals surface area (Å²) in [4.78, 5) is 17.8. The van der Waals surface area contributed by atoms with Crippen molar-refractivity contribution >= 4 is 34.6 Å². The van der Waals surface area contributed by atoms with Crippen LogP contribution in [0.2, 0.25) is 0 Å². The maximum atomic E-state index is 9.50. The van der Waals surface area contributed by atoms with Crippen molar-refractivity contribution in [1.82, 2.24) is 19.9 Å². The van der Waals surface area contributed by atoms with Gasteiger partial charge >= 0.3 is 0 Å². The summed E-state index contributed by atoms with van der Waals surface area (Å²) in [7, 11) is 3.51. The van der Waals surface area contributed by atoms with Crippen LogP contribution in [-0.2, 0) is 0 Å². The highest BCUT2D eigenvalue weighted by molar-refractivity contribution is 5.94. The highest BCUT2D eigenvalue weighted by atomic mass is 16.3. The predicted molar refractivity (Wildman–Crippen MR) is 93.2 cm³/mol. The van der Waals surface area contributed by atoms with Gasteiger partial charge in [-0.05, 0) is 13.3 Å². The summed E-state index contributed by atoms with van der Waals surface area (Å²) in [5.41, 5.74) is 1.23. The molecule has 126 valence electrons. The number of anilines is 4. The van der Waals surface area contributed by atoms with E-state index in [1.54, 1.807) is 21.0 Å². The number of aliphatic hydroxyl groups excluding tert-OH is 1. The maximum Gasteiger partial charge on any atom is 0.225 e. The third-order valence-corrected chi connectivity index (χ3v) is 3.10. The van der Waals surface area contributed by atoms with Gasteiger partial charge in [-0.2, -0.15) is 9.97 Å². The van der Waals surface area contributed by atoms with Gasteiger partial charge in [0, 0.05) is 27.2 Å². The van der Waals surface area contributed by atoms with Crippen molar-refractivity contribution in [1.29, 1.82) is 0 Å². The Balaban J connectivity index is 2.58. The van der Waals surface area contributed by atoms with Crippen LogP contribution in [0.1, 0.15) is 20.3 Å². The van der Waals surface area contributed by atoms with Gasteiger partial charge in [0.15, 0.2) is 11.6 Å².